The monoisotopic (exact) mass is 260 g/mol. The van der Waals surface area contributed by atoms with Crippen LogP contribution in [-0.4, -0.2) is 11.0 Å². The quantitative estimate of drug-likeness (QED) is 0.727. The standard InChI is InChI=1S/C14H13FN2O2/c1-8-6-9(2-5-13(8)18)14(19)17-10-3-4-12(16)11(15)7-10/h2-7,18H,16H2,1H3,(H,17,19). The number of carbonyl (C=O) groups is 1. The third kappa shape index (κ3) is 2.82. The van der Waals surface area contributed by atoms with Crippen molar-refractivity contribution >= 4 is 17.3 Å². The van der Waals surface area contributed by atoms with E-state index < -0.39 is 5.82 Å². The summed E-state index contributed by atoms with van der Waals surface area (Å²) in [5.74, 6) is -0.845. The summed E-state index contributed by atoms with van der Waals surface area (Å²) >= 11 is 0. The van der Waals surface area contributed by atoms with Crippen LogP contribution in [0.2, 0.25) is 0 Å². The Labute approximate surface area is 109 Å². The first kappa shape index (κ1) is 12.9. The van der Waals surface area contributed by atoms with Gasteiger partial charge in [-0.25, -0.2) is 4.39 Å². The minimum absolute atomic E-state index is 0.0264. The van der Waals surface area contributed by atoms with Crippen molar-refractivity contribution in [2.24, 2.45) is 0 Å². The minimum Gasteiger partial charge on any atom is -0.508 e. The molecule has 0 unspecified atom stereocenters. The van der Waals surface area contributed by atoms with Crippen molar-refractivity contribution in [1.82, 2.24) is 0 Å². The lowest BCUT2D eigenvalue weighted by Crippen LogP contribution is -2.12. The fourth-order valence-electron chi connectivity index (χ4n) is 1.60. The molecule has 4 nitrogen and oxygen atoms in total. The maximum absolute atomic E-state index is 13.2. The van der Waals surface area contributed by atoms with Crippen molar-refractivity contribution in [3.05, 3.63) is 53.3 Å². The number of benzene rings is 2. The number of nitrogen functional groups attached to an aromatic ring is 1. The Hall–Kier alpha value is -2.56. The number of carbonyl (C=O) groups excluding carboxylic acids is 1. The maximum atomic E-state index is 13.2. The Morgan fingerprint density at radius 2 is 2.00 bits per heavy atom. The zero-order valence-corrected chi connectivity index (χ0v) is 10.3. The van der Waals surface area contributed by atoms with Gasteiger partial charge in [-0.15, -0.1) is 0 Å². The van der Waals surface area contributed by atoms with Crippen LogP contribution in [-0.2, 0) is 0 Å². The lowest BCUT2D eigenvalue weighted by Gasteiger charge is -2.07. The fraction of sp³-hybridized carbons (Fsp3) is 0.0714. The second-order valence-corrected chi connectivity index (χ2v) is 4.19. The summed E-state index contributed by atoms with van der Waals surface area (Å²) in [6, 6.07) is 8.54. The molecule has 0 radical (unpaired) electrons. The van der Waals surface area contributed by atoms with Crippen LogP contribution in [0.4, 0.5) is 15.8 Å². The van der Waals surface area contributed by atoms with Crippen molar-refractivity contribution in [2.75, 3.05) is 11.1 Å². The molecule has 0 fully saturated rings. The van der Waals surface area contributed by atoms with Gasteiger partial charge in [-0.2, -0.15) is 0 Å². The van der Waals surface area contributed by atoms with Gasteiger partial charge in [0.2, 0.25) is 0 Å². The summed E-state index contributed by atoms with van der Waals surface area (Å²) in [6.07, 6.45) is 0. The number of anilines is 2. The molecule has 0 heterocycles. The number of rotatable bonds is 2. The van der Waals surface area contributed by atoms with Crippen molar-refractivity contribution in [1.29, 1.82) is 0 Å². The third-order valence-electron chi connectivity index (χ3n) is 2.72. The van der Waals surface area contributed by atoms with Crippen LogP contribution in [0.25, 0.3) is 0 Å². The number of phenolic OH excluding ortho intramolecular Hbond substituents is 1. The average molecular weight is 260 g/mol. The zero-order chi connectivity index (χ0) is 14.0. The van der Waals surface area contributed by atoms with Crippen molar-refractivity contribution < 1.29 is 14.3 Å². The van der Waals surface area contributed by atoms with Gasteiger partial charge in [0.05, 0.1) is 5.69 Å². The first-order chi connectivity index (χ1) is 8.97. The summed E-state index contributed by atoms with van der Waals surface area (Å²) < 4.78 is 13.2. The number of aromatic hydroxyl groups is 1. The predicted octanol–water partition coefficient (Wildman–Crippen LogP) is 2.67. The third-order valence-corrected chi connectivity index (χ3v) is 2.72. The van der Waals surface area contributed by atoms with Gasteiger partial charge in [0.25, 0.3) is 5.91 Å². The van der Waals surface area contributed by atoms with E-state index in [0.717, 1.165) is 6.07 Å². The predicted molar refractivity (Wildman–Crippen MR) is 71.6 cm³/mol. The number of hydrogen-bond acceptors (Lipinski definition) is 3. The van der Waals surface area contributed by atoms with Crippen LogP contribution in [0.15, 0.2) is 36.4 Å². The van der Waals surface area contributed by atoms with Gasteiger partial charge in [0, 0.05) is 11.3 Å². The second kappa shape index (κ2) is 4.97. The van der Waals surface area contributed by atoms with Crippen LogP contribution < -0.4 is 11.1 Å². The topological polar surface area (TPSA) is 75.4 Å². The SMILES string of the molecule is Cc1cc(C(=O)Nc2ccc(N)c(F)c2)ccc1O. The molecule has 0 aliphatic heterocycles. The van der Waals surface area contributed by atoms with E-state index in [2.05, 4.69) is 5.32 Å². The Morgan fingerprint density at radius 1 is 1.26 bits per heavy atom. The van der Waals surface area contributed by atoms with Crippen LogP contribution in [0.3, 0.4) is 0 Å². The number of aryl methyl sites for hydroxylation is 1. The van der Waals surface area contributed by atoms with E-state index in [1.54, 1.807) is 13.0 Å². The average Bonchev–Trinajstić information content (AvgIpc) is 2.37. The van der Waals surface area contributed by atoms with Gasteiger partial charge in [0.15, 0.2) is 0 Å². The highest BCUT2D eigenvalue weighted by Gasteiger charge is 2.09. The molecule has 98 valence electrons. The van der Waals surface area contributed by atoms with E-state index in [9.17, 15) is 14.3 Å². The normalized spacial score (nSPS) is 10.2. The number of phenols is 1. The lowest BCUT2D eigenvalue weighted by atomic mass is 10.1. The highest BCUT2D eigenvalue weighted by atomic mass is 19.1. The first-order valence-corrected chi connectivity index (χ1v) is 5.63. The summed E-state index contributed by atoms with van der Waals surface area (Å²) in [5, 5.41) is 11.9. The molecule has 2 aromatic carbocycles. The highest BCUT2D eigenvalue weighted by molar-refractivity contribution is 6.04. The van der Waals surface area contributed by atoms with Crippen LogP contribution in [0.5, 0.6) is 5.75 Å². The van der Waals surface area contributed by atoms with E-state index >= 15 is 0 Å². The molecule has 0 aromatic heterocycles. The number of amides is 1. The summed E-state index contributed by atoms with van der Waals surface area (Å²) in [6.45, 7) is 1.69. The molecule has 0 atom stereocenters. The van der Waals surface area contributed by atoms with Crippen molar-refractivity contribution in [3.8, 4) is 5.75 Å². The Balaban J connectivity index is 2.20. The zero-order valence-electron chi connectivity index (χ0n) is 10.3. The van der Waals surface area contributed by atoms with Gasteiger partial charge in [0.1, 0.15) is 11.6 Å². The van der Waals surface area contributed by atoms with Crippen LogP contribution in [0, 0.1) is 12.7 Å². The molecule has 0 saturated carbocycles. The van der Waals surface area contributed by atoms with E-state index in [1.807, 2.05) is 0 Å². The number of hydrogen-bond donors (Lipinski definition) is 3. The summed E-state index contributed by atoms with van der Waals surface area (Å²) in [5.41, 5.74) is 6.68. The largest absolute Gasteiger partial charge is 0.508 e. The Bertz CT molecular complexity index is 641. The molecule has 0 bridgehead atoms. The van der Waals surface area contributed by atoms with Gasteiger partial charge in [-0.1, -0.05) is 0 Å². The van der Waals surface area contributed by atoms with Crippen molar-refractivity contribution in [3.63, 3.8) is 0 Å². The maximum Gasteiger partial charge on any atom is 0.255 e. The second-order valence-electron chi connectivity index (χ2n) is 4.19. The van der Waals surface area contributed by atoms with Gasteiger partial charge in [-0.3, -0.25) is 4.79 Å². The highest BCUT2D eigenvalue weighted by Crippen LogP contribution is 2.19. The molecule has 19 heavy (non-hydrogen) atoms. The smallest absolute Gasteiger partial charge is 0.255 e. The summed E-state index contributed by atoms with van der Waals surface area (Å²) in [4.78, 5) is 11.9. The van der Waals surface area contributed by atoms with Crippen LogP contribution >= 0.6 is 0 Å². The molecule has 1 amide bonds. The number of nitrogens with one attached hydrogen (secondary N) is 1. The van der Waals surface area contributed by atoms with Gasteiger partial charge in [-0.05, 0) is 48.9 Å². The van der Waals surface area contributed by atoms with Gasteiger partial charge < -0.3 is 16.2 Å². The molecule has 0 aliphatic rings. The molecular formula is C14H13FN2O2. The first-order valence-electron chi connectivity index (χ1n) is 5.63. The molecule has 0 spiro atoms. The van der Waals surface area contributed by atoms with Gasteiger partial charge >= 0.3 is 0 Å². The van der Waals surface area contributed by atoms with E-state index in [4.69, 9.17) is 5.73 Å². The Kier molecular flexibility index (Phi) is 3.37. The van der Waals surface area contributed by atoms with E-state index in [-0.39, 0.29) is 17.3 Å². The molecule has 0 aliphatic carbocycles. The molecule has 4 N–H and O–H groups in total. The van der Waals surface area contributed by atoms with Crippen molar-refractivity contribution in [2.45, 2.75) is 6.92 Å². The number of nitrogens with two attached hydrogens (primary N) is 1. The number of halogens is 1. The summed E-state index contributed by atoms with van der Waals surface area (Å²) in [7, 11) is 0. The molecule has 2 aromatic rings. The van der Waals surface area contributed by atoms with E-state index in [1.165, 1.54) is 24.3 Å². The fourth-order valence-corrected chi connectivity index (χ4v) is 1.60. The molecule has 2 rings (SSSR count). The molecular weight excluding hydrogens is 247 g/mol. The Morgan fingerprint density at radius 3 is 2.63 bits per heavy atom. The van der Waals surface area contributed by atoms with E-state index in [0.29, 0.717) is 16.8 Å². The minimum atomic E-state index is -0.584. The lowest BCUT2D eigenvalue weighted by molar-refractivity contribution is 0.102. The molecule has 5 heteroatoms. The van der Waals surface area contributed by atoms with Crippen LogP contribution in [0.1, 0.15) is 15.9 Å². The molecule has 0 saturated heterocycles.